The Balaban J connectivity index is 1.36. The van der Waals surface area contributed by atoms with E-state index in [4.69, 9.17) is 16.6 Å². The normalized spacial score (nSPS) is 14.8. The highest BCUT2D eigenvalue weighted by Gasteiger charge is 2.22. The maximum Gasteiger partial charge on any atom is 0.321 e. The summed E-state index contributed by atoms with van der Waals surface area (Å²) in [6.45, 7) is 2.94. The van der Waals surface area contributed by atoms with Gasteiger partial charge in [0, 0.05) is 43.1 Å². The van der Waals surface area contributed by atoms with Crippen molar-refractivity contribution in [3.05, 3.63) is 71.9 Å². The summed E-state index contributed by atoms with van der Waals surface area (Å²) >= 11 is 5.93. The molecule has 5 rings (SSSR count). The molecule has 1 saturated heterocycles. The van der Waals surface area contributed by atoms with Gasteiger partial charge in [0.25, 0.3) is 0 Å². The van der Waals surface area contributed by atoms with Gasteiger partial charge in [-0.15, -0.1) is 0 Å². The van der Waals surface area contributed by atoms with Crippen LogP contribution in [0.1, 0.15) is 6.42 Å². The molecule has 2 aromatic carbocycles. The van der Waals surface area contributed by atoms with Crippen molar-refractivity contribution in [1.29, 1.82) is 0 Å². The highest BCUT2D eigenvalue weighted by Crippen LogP contribution is 2.26. The summed E-state index contributed by atoms with van der Waals surface area (Å²) in [5.74, 6) is 0.971. The van der Waals surface area contributed by atoms with Gasteiger partial charge in [-0.1, -0.05) is 23.7 Å². The number of benzene rings is 2. The Hall–Kier alpha value is -3.25. The summed E-state index contributed by atoms with van der Waals surface area (Å²) in [7, 11) is 0. The van der Waals surface area contributed by atoms with Gasteiger partial charge in [0.05, 0.1) is 16.6 Å². The minimum absolute atomic E-state index is 0.0847. The average Bonchev–Trinajstić information content (AvgIpc) is 3.13. The fraction of sp³-hybridized carbons (Fsp3) is 0.217. The standard InChI is InChI=1S/C23H22ClN5O/c24-17-8-10-18(11-9-17)25-23(30)28-13-4-12-27(15-16-28)22-21-7-3-14-29(21)20-6-2-1-5-19(20)26-22/h1-3,5-11,14H,4,12-13,15-16H2,(H,25,30). The van der Waals surface area contributed by atoms with E-state index in [2.05, 4.69) is 39.0 Å². The number of rotatable bonds is 2. The molecule has 0 aliphatic carbocycles. The van der Waals surface area contributed by atoms with Crippen LogP contribution < -0.4 is 10.2 Å². The fourth-order valence-electron chi connectivity index (χ4n) is 4.01. The van der Waals surface area contributed by atoms with Gasteiger partial charge in [0.1, 0.15) is 0 Å². The quantitative estimate of drug-likeness (QED) is 0.503. The van der Waals surface area contributed by atoms with Crippen LogP contribution in [0.15, 0.2) is 66.9 Å². The van der Waals surface area contributed by atoms with E-state index < -0.39 is 0 Å². The second-order valence-corrected chi connectivity index (χ2v) is 7.89. The lowest BCUT2D eigenvalue weighted by Gasteiger charge is -2.24. The summed E-state index contributed by atoms with van der Waals surface area (Å²) in [4.78, 5) is 21.9. The molecule has 0 unspecified atom stereocenters. The lowest BCUT2D eigenvalue weighted by molar-refractivity contribution is 0.215. The van der Waals surface area contributed by atoms with Crippen molar-refractivity contribution in [3.63, 3.8) is 0 Å². The first-order chi connectivity index (χ1) is 14.7. The molecule has 3 heterocycles. The Bertz CT molecular complexity index is 1200. The van der Waals surface area contributed by atoms with Gasteiger partial charge >= 0.3 is 6.03 Å². The highest BCUT2D eigenvalue weighted by atomic mass is 35.5. The molecule has 0 saturated carbocycles. The zero-order valence-corrected chi connectivity index (χ0v) is 17.2. The topological polar surface area (TPSA) is 52.9 Å². The maximum atomic E-state index is 12.7. The molecule has 0 atom stereocenters. The summed E-state index contributed by atoms with van der Waals surface area (Å²) in [6, 6.07) is 19.4. The third-order valence-corrected chi connectivity index (χ3v) is 5.78. The minimum atomic E-state index is -0.0847. The van der Waals surface area contributed by atoms with E-state index >= 15 is 0 Å². The number of aromatic nitrogens is 2. The van der Waals surface area contributed by atoms with E-state index in [9.17, 15) is 4.79 Å². The molecule has 2 amide bonds. The Morgan fingerprint density at radius 3 is 2.57 bits per heavy atom. The number of hydrogen-bond acceptors (Lipinski definition) is 3. The van der Waals surface area contributed by atoms with Crippen LogP contribution in [0.2, 0.25) is 5.02 Å². The van der Waals surface area contributed by atoms with Crippen molar-refractivity contribution >= 4 is 45.7 Å². The van der Waals surface area contributed by atoms with Crippen LogP contribution in [0.25, 0.3) is 16.6 Å². The Morgan fingerprint density at radius 1 is 0.900 bits per heavy atom. The van der Waals surface area contributed by atoms with Crippen LogP contribution in [0.5, 0.6) is 0 Å². The molecule has 152 valence electrons. The van der Waals surface area contributed by atoms with Gasteiger partial charge in [-0.3, -0.25) is 0 Å². The minimum Gasteiger partial charge on any atom is -0.353 e. The van der Waals surface area contributed by atoms with Gasteiger partial charge < -0.3 is 19.5 Å². The van der Waals surface area contributed by atoms with Gasteiger partial charge in [0.15, 0.2) is 5.82 Å². The van der Waals surface area contributed by atoms with Crippen LogP contribution in [-0.2, 0) is 0 Å². The van der Waals surface area contributed by atoms with Gasteiger partial charge in [0.2, 0.25) is 0 Å². The third kappa shape index (κ3) is 3.55. The van der Waals surface area contributed by atoms with E-state index in [1.54, 1.807) is 12.1 Å². The molecule has 1 aliphatic heterocycles. The smallest absolute Gasteiger partial charge is 0.321 e. The number of halogens is 1. The molecule has 1 fully saturated rings. The summed E-state index contributed by atoms with van der Waals surface area (Å²) in [5, 5.41) is 3.61. The van der Waals surface area contributed by atoms with Crippen LogP contribution in [-0.4, -0.2) is 46.5 Å². The van der Waals surface area contributed by atoms with Crippen LogP contribution in [0.4, 0.5) is 16.3 Å². The molecule has 6 nitrogen and oxygen atoms in total. The van der Waals surface area contributed by atoms with Crippen LogP contribution >= 0.6 is 11.6 Å². The molecule has 0 spiro atoms. The molecular weight excluding hydrogens is 398 g/mol. The molecule has 1 aliphatic rings. The number of nitrogens with zero attached hydrogens (tertiary/aromatic N) is 4. The van der Waals surface area contributed by atoms with E-state index in [0.717, 1.165) is 47.6 Å². The van der Waals surface area contributed by atoms with Crippen molar-refractivity contribution in [1.82, 2.24) is 14.3 Å². The third-order valence-electron chi connectivity index (χ3n) is 5.52. The van der Waals surface area contributed by atoms with Crippen molar-refractivity contribution in [2.24, 2.45) is 0 Å². The number of amides is 2. The number of para-hydroxylation sites is 2. The summed E-state index contributed by atoms with van der Waals surface area (Å²) < 4.78 is 2.19. The number of nitrogens with one attached hydrogen (secondary N) is 1. The van der Waals surface area contributed by atoms with E-state index in [-0.39, 0.29) is 6.03 Å². The number of carbonyl (C=O) groups is 1. The van der Waals surface area contributed by atoms with Gasteiger partial charge in [-0.05, 0) is 55.0 Å². The van der Waals surface area contributed by atoms with Crippen molar-refractivity contribution in [2.45, 2.75) is 6.42 Å². The first kappa shape index (κ1) is 18.8. The summed E-state index contributed by atoms with van der Waals surface area (Å²) in [5.41, 5.74) is 3.90. The van der Waals surface area contributed by atoms with E-state index in [1.165, 1.54) is 0 Å². The lowest BCUT2D eigenvalue weighted by Crippen LogP contribution is -2.38. The number of hydrogen-bond donors (Lipinski definition) is 1. The average molecular weight is 420 g/mol. The Kier molecular flexibility index (Phi) is 4.93. The van der Waals surface area contributed by atoms with Gasteiger partial charge in [-0.25, -0.2) is 9.78 Å². The van der Waals surface area contributed by atoms with E-state index in [0.29, 0.717) is 18.1 Å². The predicted molar refractivity (Wildman–Crippen MR) is 122 cm³/mol. The van der Waals surface area contributed by atoms with Gasteiger partial charge in [-0.2, -0.15) is 0 Å². The van der Waals surface area contributed by atoms with Crippen molar-refractivity contribution in [2.75, 3.05) is 36.4 Å². The van der Waals surface area contributed by atoms with Crippen molar-refractivity contribution < 1.29 is 4.79 Å². The molecule has 4 aromatic rings. The van der Waals surface area contributed by atoms with Crippen LogP contribution in [0, 0.1) is 0 Å². The molecule has 1 N–H and O–H groups in total. The molecule has 0 radical (unpaired) electrons. The second kappa shape index (κ2) is 7.88. The largest absolute Gasteiger partial charge is 0.353 e. The zero-order valence-electron chi connectivity index (χ0n) is 16.5. The predicted octanol–water partition coefficient (Wildman–Crippen LogP) is 4.89. The number of carbonyl (C=O) groups excluding carboxylic acids is 1. The molecule has 7 heteroatoms. The zero-order chi connectivity index (χ0) is 20.5. The number of anilines is 2. The molecule has 2 aromatic heterocycles. The molecule has 0 bridgehead atoms. The monoisotopic (exact) mass is 419 g/mol. The highest BCUT2D eigenvalue weighted by molar-refractivity contribution is 6.30. The first-order valence-electron chi connectivity index (χ1n) is 10.1. The maximum absolute atomic E-state index is 12.7. The molecule has 30 heavy (non-hydrogen) atoms. The number of urea groups is 1. The lowest BCUT2D eigenvalue weighted by atomic mass is 10.3. The summed E-state index contributed by atoms with van der Waals surface area (Å²) in [6.07, 6.45) is 2.96. The molecular formula is C23H22ClN5O. The fourth-order valence-corrected chi connectivity index (χ4v) is 4.13. The SMILES string of the molecule is O=C(Nc1ccc(Cl)cc1)N1CCCN(c2nc3ccccc3n3cccc23)CC1. The van der Waals surface area contributed by atoms with E-state index in [1.807, 2.05) is 35.2 Å². The number of fused-ring (bicyclic) bond motifs is 3. The Morgan fingerprint density at radius 2 is 1.70 bits per heavy atom. The second-order valence-electron chi connectivity index (χ2n) is 7.45. The first-order valence-corrected chi connectivity index (χ1v) is 10.5. The van der Waals surface area contributed by atoms with Crippen LogP contribution in [0.3, 0.4) is 0 Å². The van der Waals surface area contributed by atoms with Crippen molar-refractivity contribution in [3.8, 4) is 0 Å². The Labute approximate surface area is 179 Å².